The molecule has 49 heavy (non-hydrogen) atoms. The molecule has 0 radical (unpaired) electrons. The lowest BCUT2D eigenvalue weighted by Gasteiger charge is -2.37. The van der Waals surface area contributed by atoms with Gasteiger partial charge in [0.05, 0.1) is 23.5 Å². The number of amides is 1. The van der Waals surface area contributed by atoms with Gasteiger partial charge >= 0.3 is 18.0 Å². The Kier molecular flexibility index (Phi) is 17.7. The largest absolute Gasteiger partial charge is 0.490 e. The van der Waals surface area contributed by atoms with E-state index in [0.717, 1.165) is 11.1 Å². The van der Waals surface area contributed by atoms with Crippen LogP contribution in [0.15, 0.2) is 54.6 Å². The Hall–Kier alpha value is -5.31. The van der Waals surface area contributed by atoms with Crippen LogP contribution in [-0.4, -0.2) is 43.0 Å². The molecule has 0 aliphatic heterocycles. The fraction of sp³-hybridized carbons (Fsp3) is 0.439. The number of hydrogen-bond acceptors (Lipinski definition) is 6. The van der Waals surface area contributed by atoms with Gasteiger partial charge in [-0.1, -0.05) is 69.2 Å². The van der Waals surface area contributed by atoms with E-state index in [0.29, 0.717) is 18.6 Å². The van der Waals surface area contributed by atoms with Gasteiger partial charge in [0.1, 0.15) is 19.0 Å². The number of ether oxygens (including phenoxy) is 3. The molecule has 0 heterocycles. The molecule has 0 bridgehead atoms. The predicted molar refractivity (Wildman–Crippen MR) is 211 cm³/mol. The Morgan fingerprint density at radius 3 is 2.10 bits per heavy atom. The van der Waals surface area contributed by atoms with Gasteiger partial charge in [0.15, 0.2) is 0 Å². The molecule has 0 aliphatic rings. The lowest BCUT2D eigenvalue weighted by molar-refractivity contribution is -0.155. The molecule has 8 heteroatoms. The number of alkyl carbamates (subject to hydrolysis) is 1. The van der Waals surface area contributed by atoms with E-state index in [2.05, 4.69) is 46.8 Å². The molecule has 0 spiro atoms. The van der Waals surface area contributed by atoms with Crippen molar-refractivity contribution in [3.8, 4) is 53.6 Å². The van der Waals surface area contributed by atoms with Crippen LogP contribution in [0.5, 0.6) is 5.75 Å². The Labute approximate surface area is 306 Å². The summed E-state index contributed by atoms with van der Waals surface area (Å²) in [5, 5.41) is 13.1. The van der Waals surface area contributed by atoms with Crippen LogP contribution in [0.3, 0.4) is 0 Å². The Morgan fingerprint density at radius 1 is 0.878 bits per heavy atom. The number of terminal acetylenes is 1. The molecule has 2 unspecified atom stereocenters. The average Bonchev–Trinajstić information content (AvgIpc) is 3.06. The summed E-state index contributed by atoms with van der Waals surface area (Å²) in [6, 6.07) is 17.1. The van der Waals surface area contributed by atoms with Gasteiger partial charge < -0.3 is 24.6 Å². The SMILES string of the molecule is C#CC#CC#CC#CC.CCOC(=O)C(CC)CC(C)(CC(C)(C)c1cccc(C(C)(C)NC(=O)OCCOc2ccccc2)c1)C(=O)O.[HH].[HH].[HH].[HH].[HH].[HH].[HH].[HH].[HH]. The van der Waals surface area contributed by atoms with Crippen LogP contribution < -0.4 is 10.1 Å². The number of benzene rings is 2. The predicted octanol–water partition coefficient (Wildman–Crippen LogP) is 9.33. The molecule has 2 rings (SSSR count). The van der Waals surface area contributed by atoms with E-state index in [-0.39, 0.29) is 45.1 Å². The summed E-state index contributed by atoms with van der Waals surface area (Å²) in [7, 11) is 0. The number of nitrogens with one attached hydrogen (secondary N) is 1. The van der Waals surface area contributed by atoms with Crippen LogP contribution in [0.4, 0.5) is 4.79 Å². The minimum absolute atomic E-state index is 0. The fourth-order valence-corrected chi connectivity index (χ4v) is 5.21. The summed E-state index contributed by atoms with van der Waals surface area (Å²) in [5.41, 5.74) is -0.656. The number of carbonyl (C=O) groups excluding carboxylic acids is 2. The highest BCUT2D eigenvalue weighted by molar-refractivity contribution is 5.77. The van der Waals surface area contributed by atoms with Gasteiger partial charge in [0.2, 0.25) is 0 Å². The monoisotopic (exact) mass is 685 g/mol. The van der Waals surface area contributed by atoms with Gasteiger partial charge in [0.25, 0.3) is 0 Å². The first-order valence-electron chi connectivity index (χ1n) is 16.2. The molecule has 0 aliphatic carbocycles. The Morgan fingerprint density at radius 2 is 1.51 bits per heavy atom. The zero-order chi connectivity index (χ0) is 36.9. The van der Waals surface area contributed by atoms with Crippen molar-refractivity contribution in [3.63, 3.8) is 0 Å². The zero-order valence-corrected chi connectivity index (χ0v) is 30.0. The van der Waals surface area contributed by atoms with Gasteiger partial charge in [0, 0.05) is 12.8 Å². The second kappa shape index (κ2) is 20.8. The number of carboxylic acids is 1. The van der Waals surface area contributed by atoms with E-state index in [1.165, 1.54) is 0 Å². The van der Waals surface area contributed by atoms with E-state index >= 15 is 0 Å². The second-order valence-electron chi connectivity index (χ2n) is 12.6. The molecule has 0 fully saturated rings. The Balaban J connectivity index is -0.000000171. The van der Waals surface area contributed by atoms with Gasteiger partial charge in [-0.25, -0.2) is 4.79 Å². The highest BCUT2D eigenvalue weighted by Crippen LogP contribution is 2.42. The molecule has 2 atom stereocenters. The van der Waals surface area contributed by atoms with Crippen LogP contribution in [0.2, 0.25) is 0 Å². The number of carboxylic acid groups (broad SMARTS) is 1. The van der Waals surface area contributed by atoms with E-state index < -0.39 is 34.3 Å². The van der Waals surface area contributed by atoms with E-state index in [4.69, 9.17) is 20.6 Å². The minimum Gasteiger partial charge on any atom is -0.490 e. The standard InChI is InChI=1S/C32H45NO7.C9H4.9H2/c1-8-23(27(34)38-9-2)21-32(7,28(35)36)22-30(3,4)24-14-13-15-25(20-24)31(5,6)33-29(37)40-19-18-39-26-16-11-10-12-17-26;1-3-5-7-9-8-6-4-2;;;;;;;;;/h10-17,20,23H,8-9,18-19,21-22H2,1-7H3,(H,33,37)(H,35,36);1H,2H3;9*1H. The Bertz CT molecular complexity index is 1650. The molecule has 2 N–H and O–H groups in total. The summed E-state index contributed by atoms with van der Waals surface area (Å²) < 4.78 is 16.1. The molecule has 278 valence electrons. The molecule has 2 aromatic rings. The van der Waals surface area contributed by atoms with Crippen molar-refractivity contribution in [2.45, 2.75) is 85.6 Å². The smallest absolute Gasteiger partial charge is 0.407 e. The number of para-hydroxylation sites is 1. The third kappa shape index (κ3) is 15.0. The number of esters is 1. The third-order valence-corrected chi connectivity index (χ3v) is 7.71. The summed E-state index contributed by atoms with van der Waals surface area (Å²) in [5.74, 6) is 15.9. The second-order valence-corrected chi connectivity index (χ2v) is 12.6. The van der Waals surface area contributed by atoms with Crippen molar-refractivity contribution >= 4 is 18.0 Å². The van der Waals surface area contributed by atoms with Crippen molar-refractivity contribution < 1.29 is 46.5 Å². The maximum Gasteiger partial charge on any atom is 0.407 e. The fourth-order valence-electron chi connectivity index (χ4n) is 5.21. The number of carbonyl (C=O) groups is 3. The first kappa shape index (κ1) is 41.7. The number of hydrogen-bond donors (Lipinski definition) is 2. The van der Waals surface area contributed by atoms with E-state index in [1.54, 1.807) is 20.8 Å². The van der Waals surface area contributed by atoms with E-state index in [9.17, 15) is 19.5 Å². The molecular weight excluding hydrogens is 618 g/mol. The van der Waals surface area contributed by atoms with Crippen molar-refractivity contribution in [3.05, 3.63) is 65.7 Å². The van der Waals surface area contributed by atoms with Crippen molar-refractivity contribution in [2.75, 3.05) is 19.8 Å². The van der Waals surface area contributed by atoms with Crippen LogP contribution in [0.25, 0.3) is 0 Å². The molecular formula is C41H67NO7. The molecule has 0 aromatic heterocycles. The molecule has 0 saturated carbocycles. The highest BCUT2D eigenvalue weighted by Gasteiger charge is 2.43. The average molecular weight is 686 g/mol. The summed E-state index contributed by atoms with van der Waals surface area (Å²) in [4.78, 5) is 37.4. The maximum atomic E-state index is 12.5. The lowest BCUT2D eigenvalue weighted by atomic mass is 9.66. The van der Waals surface area contributed by atoms with Gasteiger partial charge in [-0.05, 0) is 118 Å². The number of rotatable bonds is 15. The zero-order valence-electron chi connectivity index (χ0n) is 30.0. The summed E-state index contributed by atoms with van der Waals surface area (Å²) in [6.45, 7) is 15.4. The van der Waals surface area contributed by atoms with Crippen LogP contribution in [0, 0.1) is 59.2 Å². The third-order valence-electron chi connectivity index (χ3n) is 7.71. The number of aliphatic carboxylic acids is 1. The topological polar surface area (TPSA) is 111 Å². The van der Waals surface area contributed by atoms with E-state index in [1.807, 2.05) is 89.2 Å². The molecule has 1 amide bonds. The first-order valence-corrected chi connectivity index (χ1v) is 16.2. The molecule has 2 aromatic carbocycles. The summed E-state index contributed by atoms with van der Waals surface area (Å²) >= 11 is 0. The highest BCUT2D eigenvalue weighted by atomic mass is 16.6. The first-order chi connectivity index (χ1) is 23.2. The summed E-state index contributed by atoms with van der Waals surface area (Å²) in [6.07, 6.45) is 5.26. The van der Waals surface area contributed by atoms with Crippen LogP contribution in [0.1, 0.15) is 98.6 Å². The normalized spacial score (nSPS) is 12.1. The van der Waals surface area contributed by atoms with Crippen LogP contribution >= 0.6 is 0 Å². The molecule has 8 nitrogen and oxygen atoms in total. The van der Waals surface area contributed by atoms with Gasteiger partial charge in [-0.3, -0.25) is 9.59 Å². The van der Waals surface area contributed by atoms with Crippen molar-refractivity contribution in [1.29, 1.82) is 0 Å². The lowest BCUT2D eigenvalue weighted by Crippen LogP contribution is -2.42. The van der Waals surface area contributed by atoms with Crippen molar-refractivity contribution in [2.24, 2.45) is 11.3 Å². The van der Waals surface area contributed by atoms with Gasteiger partial charge in [-0.15, -0.1) is 6.42 Å². The maximum absolute atomic E-state index is 12.5. The quantitative estimate of drug-likeness (QED) is 0.109. The minimum atomic E-state index is -1.15. The van der Waals surface area contributed by atoms with Gasteiger partial charge in [-0.2, -0.15) is 0 Å². The van der Waals surface area contributed by atoms with Crippen molar-refractivity contribution in [1.82, 2.24) is 5.32 Å². The molecule has 0 saturated heterocycles. The van der Waals surface area contributed by atoms with Crippen LogP contribution in [-0.2, 0) is 30.0 Å².